The Labute approximate surface area is 263 Å². The van der Waals surface area contributed by atoms with Crippen LogP contribution in [-0.4, -0.2) is 103 Å². The topological polar surface area (TPSA) is 95.6 Å². The Morgan fingerprint density at radius 3 is 2.34 bits per heavy atom. The number of hydrogen-bond acceptors (Lipinski definition) is 8. The van der Waals surface area contributed by atoms with Crippen molar-refractivity contribution in [2.75, 3.05) is 63.6 Å². The quantitative estimate of drug-likeness (QED) is 0.361. The molecule has 2 unspecified atom stereocenters. The zero-order chi connectivity index (χ0) is 31.6. The molecular weight excluding hydrogens is 574 g/mol. The highest BCUT2D eigenvalue weighted by atomic mass is 32.2. The van der Waals surface area contributed by atoms with E-state index in [1.54, 1.807) is 4.31 Å². The molecule has 1 aliphatic carbocycles. The van der Waals surface area contributed by atoms with Gasteiger partial charge in [0.05, 0.1) is 37.4 Å². The van der Waals surface area contributed by atoms with E-state index in [1.165, 1.54) is 11.8 Å². The molecule has 3 aliphatic rings. The van der Waals surface area contributed by atoms with Crippen LogP contribution in [0.4, 0.5) is 5.82 Å². The standard InChI is InChI=1S/C31H43N7O3S.C2H6/c1-21-7-6-8-26(27(21)19-32-30-23(3)22(2)24(30)4)28-17-29(36-13-15-41-16-14-36)34-31-25(18-33-38(28)31)20-35-9-11-37(12-10-35)42(5,39)40;1-2/h6-8,17-19,22-24,30H,9-16,20H2,1-5H3;1-2H3. The number of rotatable bonds is 7. The first-order valence-electron chi connectivity index (χ1n) is 16.1. The van der Waals surface area contributed by atoms with Crippen LogP contribution in [0.25, 0.3) is 16.9 Å². The maximum Gasteiger partial charge on any atom is 0.211 e. The molecule has 6 rings (SSSR count). The van der Waals surface area contributed by atoms with E-state index in [0.29, 0.717) is 69.7 Å². The molecule has 0 N–H and O–H groups in total. The first-order valence-corrected chi connectivity index (χ1v) is 18.0. The first kappa shape index (κ1) is 32.5. The van der Waals surface area contributed by atoms with Crippen LogP contribution < -0.4 is 4.90 Å². The number of ether oxygens (including phenoxy) is 1. The maximum atomic E-state index is 12.0. The number of morpholine rings is 1. The highest BCUT2D eigenvalue weighted by molar-refractivity contribution is 7.88. The van der Waals surface area contributed by atoms with Gasteiger partial charge in [-0.3, -0.25) is 9.89 Å². The van der Waals surface area contributed by atoms with Gasteiger partial charge >= 0.3 is 0 Å². The third-order valence-corrected chi connectivity index (χ3v) is 11.1. The minimum Gasteiger partial charge on any atom is -0.378 e. The summed E-state index contributed by atoms with van der Waals surface area (Å²) in [4.78, 5) is 14.8. The molecule has 3 aromatic rings. The summed E-state index contributed by atoms with van der Waals surface area (Å²) < 4.78 is 33.2. The van der Waals surface area contributed by atoms with Crippen LogP contribution in [0.2, 0.25) is 0 Å². The molecule has 0 bridgehead atoms. The smallest absolute Gasteiger partial charge is 0.211 e. The zero-order valence-electron chi connectivity index (χ0n) is 27.4. The summed E-state index contributed by atoms with van der Waals surface area (Å²) in [6, 6.07) is 8.91. The van der Waals surface area contributed by atoms with Crippen LogP contribution in [0.15, 0.2) is 35.5 Å². The number of nitrogens with zero attached hydrogens (tertiary/aromatic N) is 7. The van der Waals surface area contributed by atoms with Crippen LogP contribution in [0, 0.1) is 24.7 Å². The minimum atomic E-state index is -3.17. The molecule has 44 heavy (non-hydrogen) atoms. The summed E-state index contributed by atoms with van der Waals surface area (Å²) in [5.74, 6) is 2.77. The second-order valence-corrected chi connectivity index (χ2v) is 14.3. The van der Waals surface area contributed by atoms with Crippen molar-refractivity contribution < 1.29 is 13.2 Å². The lowest BCUT2D eigenvalue weighted by Crippen LogP contribution is -2.47. The summed E-state index contributed by atoms with van der Waals surface area (Å²) in [5.41, 5.74) is 6.24. The summed E-state index contributed by atoms with van der Waals surface area (Å²) >= 11 is 0. The Kier molecular flexibility index (Phi) is 10.1. The Hall–Kier alpha value is -2.86. The van der Waals surface area contributed by atoms with E-state index in [1.807, 2.05) is 24.6 Å². The fourth-order valence-corrected chi connectivity index (χ4v) is 7.48. The third-order valence-electron chi connectivity index (χ3n) is 9.77. The van der Waals surface area contributed by atoms with Gasteiger partial charge in [0.25, 0.3) is 0 Å². The van der Waals surface area contributed by atoms with Crippen molar-refractivity contribution in [3.05, 3.63) is 47.2 Å². The fourth-order valence-electron chi connectivity index (χ4n) is 6.66. The summed E-state index contributed by atoms with van der Waals surface area (Å²) in [7, 11) is -3.17. The van der Waals surface area contributed by atoms with Crippen LogP contribution in [0.1, 0.15) is 51.3 Å². The molecule has 2 saturated heterocycles. The number of hydrogen-bond donors (Lipinski definition) is 0. The highest BCUT2D eigenvalue weighted by Gasteiger charge is 2.41. The molecule has 10 nitrogen and oxygen atoms in total. The number of fused-ring (bicyclic) bond motifs is 1. The number of aromatic nitrogens is 3. The molecular formula is C33H49N7O3S. The van der Waals surface area contributed by atoms with Gasteiger partial charge in [-0.2, -0.15) is 9.40 Å². The fraction of sp³-hybridized carbons (Fsp3) is 0.606. The van der Waals surface area contributed by atoms with E-state index in [-0.39, 0.29) is 0 Å². The Balaban J connectivity index is 0.00000188. The predicted octanol–water partition coefficient (Wildman–Crippen LogP) is 4.35. The lowest BCUT2D eigenvalue weighted by molar-refractivity contribution is 0.0824. The zero-order valence-corrected chi connectivity index (χ0v) is 28.2. The van der Waals surface area contributed by atoms with Crippen LogP contribution in [-0.2, 0) is 21.3 Å². The van der Waals surface area contributed by atoms with Crippen molar-refractivity contribution in [3.8, 4) is 11.3 Å². The molecule has 4 heterocycles. The Bertz CT molecular complexity index is 1560. The van der Waals surface area contributed by atoms with Crippen molar-refractivity contribution >= 4 is 27.7 Å². The largest absolute Gasteiger partial charge is 0.378 e. The lowest BCUT2D eigenvalue weighted by Gasteiger charge is -2.45. The number of anilines is 1. The van der Waals surface area contributed by atoms with Crippen molar-refractivity contribution in [2.24, 2.45) is 22.7 Å². The summed E-state index contributed by atoms with van der Waals surface area (Å²) in [6.45, 7) is 19.0. The summed E-state index contributed by atoms with van der Waals surface area (Å²) in [5, 5.41) is 4.86. The molecule has 2 aliphatic heterocycles. The van der Waals surface area contributed by atoms with Gasteiger partial charge in [0.15, 0.2) is 5.65 Å². The highest BCUT2D eigenvalue weighted by Crippen LogP contribution is 2.42. The van der Waals surface area contributed by atoms with Crippen LogP contribution in [0.3, 0.4) is 0 Å². The number of piperazine rings is 1. The monoisotopic (exact) mass is 623 g/mol. The Morgan fingerprint density at radius 2 is 1.68 bits per heavy atom. The van der Waals surface area contributed by atoms with Crippen LogP contribution >= 0.6 is 0 Å². The molecule has 2 aromatic heterocycles. The molecule has 0 radical (unpaired) electrons. The molecule has 2 atom stereocenters. The molecule has 240 valence electrons. The van der Waals surface area contributed by atoms with Gasteiger partial charge in [-0.25, -0.2) is 17.9 Å². The number of aryl methyl sites for hydroxylation is 1. The van der Waals surface area contributed by atoms with Crippen LogP contribution in [0.5, 0.6) is 0 Å². The number of sulfonamides is 1. The van der Waals surface area contributed by atoms with Gasteiger partial charge in [-0.05, 0) is 30.2 Å². The van der Waals surface area contributed by atoms with Crippen molar-refractivity contribution in [2.45, 2.75) is 54.1 Å². The second-order valence-electron chi connectivity index (χ2n) is 12.3. The van der Waals surface area contributed by atoms with E-state index in [9.17, 15) is 8.42 Å². The maximum absolute atomic E-state index is 12.0. The number of benzene rings is 1. The van der Waals surface area contributed by atoms with Gasteiger partial charge in [0.1, 0.15) is 5.82 Å². The number of aliphatic imine (C=N–C) groups is 1. The average molecular weight is 624 g/mol. The van der Waals surface area contributed by atoms with Gasteiger partial charge < -0.3 is 9.64 Å². The molecule has 1 saturated carbocycles. The molecule has 0 amide bonds. The van der Waals surface area contributed by atoms with E-state index < -0.39 is 10.0 Å². The normalized spacial score (nSPS) is 25.2. The molecule has 3 fully saturated rings. The summed E-state index contributed by atoms with van der Waals surface area (Å²) in [6.07, 6.45) is 5.28. The molecule has 0 spiro atoms. The average Bonchev–Trinajstić information content (AvgIpc) is 3.44. The molecule has 11 heteroatoms. The van der Waals surface area contributed by atoms with Gasteiger partial charge in [-0.15, -0.1) is 0 Å². The molecule has 1 aromatic carbocycles. The van der Waals surface area contributed by atoms with Gasteiger partial charge in [-0.1, -0.05) is 52.8 Å². The predicted molar refractivity (Wildman–Crippen MR) is 178 cm³/mol. The minimum absolute atomic E-state index is 0.341. The third kappa shape index (κ3) is 6.56. The SMILES string of the molecule is CC.Cc1cccc(-c2cc(N3CCOCC3)nc3c(CN4CCN(S(C)(=O)=O)CC4)cnn23)c1C=NC1C(C)C(C)C1C. The van der Waals surface area contributed by atoms with Crippen molar-refractivity contribution in [3.63, 3.8) is 0 Å². The van der Waals surface area contributed by atoms with E-state index >= 15 is 0 Å². The lowest BCUT2D eigenvalue weighted by atomic mass is 9.63. The van der Waals surface area contributed by atoms with E-state index in [2.05, 4.69) is 68.0 Å². The van der Waals surface area contributed by atoms with E-state index in [4.69, 9.17) is 19.8 Å². The van der Waals surface area contributed by atoms with Crippen molar-refractivity contribution in [1.82, 2.24) is 23.8 Å². The van der Waals surface area contributed by atoms with Gasteiger partial charge in [0, 0.05) is 74.8 Å². The van der Waals surface area contributed by atoms with E-state index in [0.717, 1.165) is 46.9 Å². The van der Waals surface area contributed by atoms with Crippen molar-refractivity contribution in [1.29, 1.82) is 0 Å². The Morgan fingerprint density at radius 1 is 1.00 bits per heavy atom. The second kappa shape index (κ2) is 13.6. The van der Waals surface area contributed by atoms with Gasteiger partial charge in [0.2, 0.25) is 10.0 Å². The first-order chi connectivity index (χ1) is 21.1.